The highest BCUT2D eigenvalue weighted by molar-refractivity contribution is 9.10. The van der Waals surface area contributed by atoms with Gasteiger partial charge in [-0.05, 0) is 30.3 Å². The molecule has 100 valence electrons. The molecule has 0 fully saturated rings. The molecule has 0 aliphatic heterocycles. The van der Waals surface area contributed by atoms with E-state index in [1.807, 2.05) is 6.07 Å². The molecule has 0 aliphatic carbocycles. The van der Waals surface area contributed by atoms with Crippen molar-refractivity contribution in [2.45, 2.75) is 6.61 Å². The first-order valence-electron chi connectivity index (χ1n) is 5.70. The maximum absolute atomic E-state index is 11.0. The van der Waals surface area contributed by atoms with E-state index in [4.69, 9.17) is 21.6 Å². The quantitative estimate of drug-likeness (QED) is 0.770. The summed E-state index contributed by atoms with van der Waals surface area (Å²) in [6.07, 6.45) is 0.737. The van der Waals surface area contributed by atoms with Gasteiger partial charge in [0.25, 0.3) is 0 Å². The molecular weight excluding hydrogens is 342 g/mol. The molecule has 0 aromatic heterocycles. The maximum atomic E-state index is 11.0. The molecular formula is C15H9BrClNO2. The van der Waals surface area contributed by atoms with E-state index in [1.54, 1.807) is 36.4 Å². The van der Waals surface area contributed by atoms with Gasteiger partial charge in [0.15, 0.2) is 6.29 Å². The van der Waals surface area contributed by atoms with Crippen molar-refractivity contribution in [1.29, 1.82) is 5.26 Å². The molecule has 3 nitrogen and oxygen atoms in total. The van der Waals surface area contributed by atoms with Gasteiger partial charge in [0.05, 0.1) is 17.2 Å². The van der Waals surface area contributed by atoms with E-state index in [2.05, 4.69) is 15.9 Å². The van der Waals surface area contributed by atoms with Crippen molar-refractivity contribution >= 4 is 33.8 Å². The van der Waals surface area contributed by atoms with Crippen molar-refractivity contribution in [3.8, 4) is 11.8 Å². The zero-order chi connectivity index (χ0) is 14.5. The van der Waals surface area contributed by atoms with Crippen LogP contribution in [-0.4, -0.2) is 6.29 Å². The van der Waals surface area contributed by atoms with Crippen molar-refractivity contribution in [2.24, 2.45) is 0 Å². The predicted molar refractivity (Wildman–Crippen MR) is 80.0 cm³/mol. The first kappa shape index (κ1) is 14.6. The van der Waals surface area contributed by atoms with Gasteiger partial charge in [-0.2, -0.15) is 5.26 Å². The molecule has 0 atom stereocenters. The minimum atomic E-state index is 0.229. The van der Waals surface area contributed by atoms with Gasteiger partial charge in [0, 0.05) is 15.1 Å². The second-order valence-corrected chi connectivity index (χ2v) is 5.33. The molecule has 0 saturated carbocycles. The lowest BCUT2D eigenvalue weighted by Gasteiger charge is -2.10. The number of nitriles is 1. The van der Waals surface area contributed by atoms with Crippen LogP contribution >= 0.6 is 27.5 Å². The molecule has 0 aliphatic rings. The summed E-state index contributed by atoms with van der Waals surface area (Å²) in [5, 5.41) is 9.24. The summed E-state index contributed by atoms with van der Waals surface area (Å²) in [5.74, 6) is 0.489. The number of carbonyl (C=O) groups excluding carboxylic acids is 1. The third-order valence-corrected chi connectivity index (χ3v) is 3.51. The zero-order valence-electron chi connectivity index (χ0n) is 10.3. The summed E-state index contributed by atoms with van der Waals surface area (Å²) in [4.78, 5) is 11.0. The minimum absolute atomic E-state index is 0.229. The monoisotopic (exact) mass is 349 g/mol. The average molecular weight is 351 g/mol. The van der Waals surface area contributed by atoms with Crippen molar-refractivity contribution in [3.05, 3.63) is 62.6 Å². The maximum Gasteiger partial charge on any atom is 0.153 e. The Hall–Kier alpha value is -1.83. The standard InChI is InChI=1S/C15H9BrClNO2/c16-13-3-4-15(12(6-13)8-19)20-9-11-2-1-10(7-18)5-14(11)17/h1-6,8H,9H2. The van der Waals surface area contributed by atoms with Crippen LogP contribution in [0.15, 0.2) is 40.9 Å². The van der Waals surface area contributed by atoms with Gasteiger partial charge in [-0.3, -0.25) is 4.79 Å². The third-order valence-electron chi connectivity index (χ3n) is 2.66. The number of carbonyl (C=O) groups is 1. The number of benzene rings is 2. The lowest BCUT2D eigenvalue weighted by molar-refractivity contribution is 0.111. The smallest absolute Gasteiger partial charge is 0.153 e. The van der Waals surface area contributed by atoms with Gasteiger partial charge in [-0.1, -0.05) is 33.6 Å². The van der Waals surface area contributed by atoms with E-state index in [0.717, 1.165) is 16.3 Å². The van der Waals surface area contributed by atoms with Gasteiger partial charge >= 0.3 is 0 Å². The lowest BCUT2D eigenvalue weighted by Crippen LogP contribution is -1.99. The average Bonchev–Trinajstić information content (AvgIpc) is 2.46. The van der Waals surface area contributed by atoms with Crippen LogP contribution in [0.4, 0.5) is 0 Å². The molecule has 0 radical (unpaired) electrons. The van der Waals surface area contributed by atoms with Gasteiger partial charge < -0.3 is 4.74 Å². The number of hydrogen-bond acceptors (Lipinski definition) is 3. The molecule has 0 N–H and O–H groups in total. The highest BCUT2D eigenvalue weighted by atomic mass is 79.9. The van der Waals surface area contributed by atoms with Gasteiger partial charge in [-0.25, -0.2) is 0 Å². The Morgan fingerprint density at radius 1 is 1.30 bits per heavy atom. The summed E-state index contributed by atoms with van der Waals surface area (Å²) in [6.45, 7) is 0.229. The Balaban J connectivity index is 2.17. The largest absolute Gasteiger partial charge is 0.488 e. The van der Waals surface area contributed by atoms with Crippen LogP contribution in [0.3, 0.4) is 0 Å². The lowest BCUT2D eigenvalue weighted by atomic mass is 10.1. The summed E-state index contributed by atoms with van der Waals surface area (Å²) in [6, 6.07) is 12.2. The Morgan fingerprint density at radius 2 is 2.10 bits per heavy atom. The summed E-state index contributed by atoms with van der Waals surface area (Å²) in [5.41, 5.74) is 1.71. The molecule has 5 heteroatoms. The first-order chi connectivity index (χ1) is 9.63. The fourth-order valence-electron chi connectivity index (χ4n) is 1.63. The van der Waals surface area contributed by atoms with E-state index in [-0.39, 0.29) is 6.61 Å². The van der Waals surface area contributed by atoms with Crippen LogP contribution in [-0.2, 0) is 6.61 Å². The Morgan fingerprint density at radius 3 is 2.75 bits per heavy atom. The predicted octanol–water partition coefficient (Wildman–Crippen LogP) is 4.37. The van der Waals surface area contributed by atoms with E-state index in [0.29, 0.717) is 21.9 Å². The molecule has 2 aromatic rings. The number of halogens is 2. The van der Waals surface area contributed by atoms with Crippen molar-refractivity contribution < 1.29 is 9.53 Å². The zero-order valence-corrected chi connectivity index (χ0v) is 12.6. The normalized spacial score (nSPS) is 9.85. The van der Waals surface area contributed by atoms with E-state index in [9.17, 15) is 4.79 Å². The molecule has 2 aromatic carbocycles. The van der Waals surface area contributed by atoms with Crippen LogP contribution in [0.5, 0.6) is 5.75 Å². The molecule has 0 heterocycles. The van der Waals surface area contributed by atoms with Gasteiger partial charge in [-0.15, -0.1) is 0 Å². The Labute approximate surface area is 129 Å². The number of aldehydes is 1. The minimum Gasteiger partial charge on any atom is -0.488 e. The third kappa shape index (κ3) is 3.38. The first-order valence-corrected chi connectivity index (χ1v) is 6.87. The SMILES string of the molecule is N#Cc1ccc(COc2ccc(Br)cc2C=O)c(Cl)c1. The molecule has 0 unspecified atom stereocenters. The van der Waals surface area contributed by atoms with Crippen LogP contribution in [0.2, 0.25) is 5.02 Å². The van der Waals surface area contributed by atoms with Crippen molar-refractivity contribution in [1.82, 2.24) is 0 Å². The van der Waals surface area contributed by atoms with Gasteiger partial charge in [0.1, 0.15) is 12.4 Å². The van der Waals surface area contributed by atoms with E-state index in [1.165, 1.54) is 0 Å². The molecule has 2 rings (SSSR count). The van der Waals surface area contributed by atoms with Crippen LogP contribution in [0, 0.1) is 11.3 Å². The molecule has 0 saturated heterocycles. The number of ether oxygens (including phenoxy) is 1. The molecule has 0 amide bonds. The van der Waals surface area contributed by atoms with Crippen LogP contribution < -0.4 is 4.74 Å². The molecule has 0 bridgehead atoms. The number of rotatable bonds is 4. The number of nitrogens with zero attached hydrogens (tertiary/aromatic N) is 1. The highest BCUT2D eigenvalue weighted by Crippen LogP contribution is 2.24. The topological polar surface area (TPSA) is 50.1 Å². The highest BCUT2D eigenvalue weighted by Gasteiger charge is 2.07. The van der Waals surface area contributed by atoms with Gasteiger partial charge in [0.2, 0.25) is 0 Å². The molecule has 20 heavy (non-hydrogen) atoms. The summed E-state index contributed by atoms with van der Waals surface area (Å²) in [7, 11) is 0. The van der Waals surface area contributed by atoms with Crippen molar-refractivity contribution in [2.75, 3.05) is 0 Å². The van der Waals surface area contributed by atoms with Crippen molar-refractivity contribution in [3.63, 3.8) is 0 Å². The molecule has 0 spiro atoms. The Kier molecular flexibility index (Phi) is 4.78. The second kappa shape index (κ2) is 6.56. The van der Waals surface area contributed by atoms with Crippen LogP contribution in [0.1, 0.15) is 21.5 Å². The van der Waals surface area contributed by atoms with E-state index < -0.39 is 0 Å². The fraction of sp³-hybridized carbons (Fsp3) is 0.0667. The summed E-state index contributed by atoms with van der Waals surface area (Å²) >= 11 is 9.36. The number of hydrogen-bond donors (Lipinski definition) is 0. The van der Waals surface area contributed by atoms with Crippen LogP contribution in [0.25, 0.3) is 0 Å². The summed E-state index contributed by atoms with van der Waals surface area (Å²) < 4.78 is 6.41. The fourth-order valence-corrected chi connectivity index (χ4v) is 2.25. The second-order valence-electron chi connectivity index (χ2n) is 4.01. The van der Waals surface area contributed by atoms with E-state index >= 15 is 0 Å². The Bertz CT molecular complexity index is 695.